The van der Waals surface area contributed by atoms with Crippen LogP contribution in [0, 0.1) is 0 Å². The largest absolute Gasteiger partial charge is 0.387 e. The van der Waals surface area contributed by atoms with E-state index in [-0.39, 0.29) is 17.9 Å². The van der Waals surface area contributed by atoms with Crippen molar-refractivity contribution < 1.29 is 9.90 Å². The summed E-state index contributed by atoms with van der Waals surface area (Å²) in [4.78, 5) is 11.7. The first-order valence-electron chi connectivity index (χ1n) is 6.94. The highest BCUT2D eigenvalue weighted by molar-refractivity contribution is 5.92. The molecule has 0 bridgehead atoms. The minimum atomic E-state index is -0.731. The molecule has 3 N–H and O–H groups in total. The van der Waals surface area contributed by atoms with E-state index in [1.165, 1.54) is 11.8 Å². The number of carbonyl (C=O) groups excluding carboxylic acids is 1. The van der Waals surface area contributed by atoms with E-state index in [0.717, 1.165) is 5.56 Å². The van der Waals surface area contributed by atoms with Crippen LogP contribution in [-0.4, -0.2) is 27.8 Å². The fourth-order valence-electron chi connectivity index (χ4n) is 1.99. The Hall–Kier alpha value is -2.14. The summed E-state index contributed by atoms with van der Waals surface area (Å²) in [6.07, 6.45) is 0.780. The van der Waals surface area contributed by atoms with E-state index in [1.807, 2.05) is 24.3 Å². The van der Waals surface area contributed by atoms with Crippen molar-refractivity contribution in [3.63, 3.8) is 0 Å². The van der Waals surface area contributed by atoms with Gasteiger partial charge in [-0.2, -0.15) is 5.10 Å². The summed E-state index contributed by atoms with van der Waals surface area (Å²) in [6, 6.07) is 9.39. The van der Waals surface area contributed by atoms with E-state index >= 15 is 0 Å². The molecule has 0 aliphatic rings. The topological polar surface area (TPSA) is 78.0 Å². The van der Waals surface area contributed by atoms with E-state index < -0.39 is 6.10 Å². The molecule has 5 heteroatoms. The lowest BCUT2D eigenvalue weighted by Crippen LogP contribution is -2.28. The summed E-state index contributed by atoms with van der Waals surface area (Å²) in [5.41, 5.74) is 2.45. The first-order valence-corrected chi connectivity index (χ1v) is 6.94. The normalized spacial score (nSPS) is 13.0. The molecule has 0 spiro atoms. The Morgan fingerprint density at radius 2 is 1.95 bits per heavy atom. The number of aliphatic hydroxyl groups excluding tert-OH is 1. The second-order valence-corrected chi connectivity index (χ2v) is 6.07. The maximum absolute atomic E-state index is 11.7. The lowest BCUT2D eigenvalue weighted by atomic mass is 9.86. The van der Waals surface area contributed by atoms with Gasteiger partial charge in [-0.1, -0.05) is 45.0 Å². The molecule has 0 fully saturated rings. The average molecular weight is 287 g/mol. The van der Waals surface area contributed by atoms with Crippen molar-refractivity contribution in [1.82, 2.24) is 15.5 Å². The third-order valence-corrected chi connectivity index (χ3v) is 3.36. The zero-order valence-electron chi connectivity index (χ0n) is 12.6. The number of benzene rings is 1. The van der Waals surface area contributed by atoms with Crippen molar-refractivity contribution in [2.75, 3.05) is 6.54 Å². The maximum atomic E-state index is 11.7. The molecule has 1 amide bonds. The van der Waals surface area contributed by atoms with Crippen LogP contribution in [0.4, 0.5) is 0 Å². The number of hydrogen-bond donors (Lipinski definition) is 3. The highest BCUT2D eigenvalue weighted by Crippen LogP contribution is 2.23. The Kier molecular flexibility index (Phi) is 4.43. The van der Waals surface area contributed by atoms with Gasteiger partial charge in [-0.05, 0) is 22.6 Å². The molecule has 1 aromatic heterocycles. The first-order chi connectivity index (χ1) is 9.88. The summed E-state index contributed by atoms with van der Waals surface area (Å²) >= 11 is 0. The molecule has 1 atom stereocenters. The van der Waals surface area contributed by atoms with Crippen molar-refractivity contribution >= 4 is 5.91 Å². The maximum Gasteiger partial charge on any atom is 0.269 e. The number of H-pyrrole nitrogens is 1. The second kappa shape index (κ2) is 6.10. The van der Waals surface area contributed by atoms with Crippen LogP contribution in [0.25, 0.3) is 0 Å². The number of amides is 1. The SMILES string of the molecule is CC(C)(C)c1ccc(C(O)CNC(=O)c2ccn[nH]2)cc1. The number of rotatable bonds is 4. The minimum Gasteiger partial charge on any atom is -0.387 e. The van der Waals surface area contributed by atoms with Gasteiger partial charge in [-0.15, -0.1) is 0 Å². The van der Waals surface area contributed by atoms with Gasteiger partial charge in [-0.25, -0.2) is 0 Å². The van der Waals surface area contributed by atoms with Gasteiger partial charge in [0.05, 0.1) is 6.10 Å². The number of aromatic amines is 1. The van der Waals surface area contributed by atoms with Gasteiger partial charge >= 0.3 is 0 Å². The van der Waals surface area contributed by atoms with Gasteiger partial charge in [0.2, 0.25) is 0 Å². The van der Waals surface area contributed by atoms with Gasteiger partial charge in [0.1, 0.15) is 5.69 Å². The Morgan fingerprint density at radius 3 is 2.48 bits per heavy atom. The number of aliphatic hydroxyl groups is 1. The van der Waals surface area contributed by atoms with Crippen LogP contribution in [0.1, 0.15) is 48.5 Å². The van der Waals surface area contributed by atoms with Gasteiger partial charge in [0.25, 0.3) is 5.91 Å². The summed E-state index contributed by atoms with van der Waals surface area (Å²) < 4.78 is 0. The molecule has 21 heavy (non-hydrogen) atoms. The number of nitrogens with zero attached hydrogens (tertiary/aromatic N) is 1. The fraction of sp³-hybridized carbons (Fsp3) is 0.375. The molecule has 5 nitrogen and oxygen atoms in total. The number of hydrogen-bond acceptors (Lipinski definition) is 3. The Bertz CT molecular complexity index is 583. The smallest absolute Gasteiger partial charge is 0.269 e. The van der Waals surface area contributed by atoms with E-state index in [0.29, 0.717) is 5.69 Å². The average Bonchev–Trinajstić information content (AvgIpc) is 2.98. The molecule has 112 valence electrons. The van der Waals surface area contributed by atoms with Crippen LogP contribution in [0.15, 0.2) is 36.5 Å². The second-order valence-electron chi connectivity index (χ2n) is 6.07. The van der Waals surface area contributed by atoms with Crippen molar-refractivity contribution in [3.8, 4) is 0 Å². The molecular formula is C16H21N3O2. The predicted octanol–water partition coefficient (Wildman–Crippen LogP) is 2.17. The number of carbonyl (C=O) groups is 1. The molecule has 0 saturated carbocycles. The summed E-state index contributed by atoms with van der Waals surface area (Å²) in [5.74, 6) is -0.280. The first kappa shape index (κ1) is 15.3. The molecule has 0 saturated heterocycles. The lowest BCUT2D eigenvalue weighted by Gasteiger charge is -2.20. The Balaban J connectivity index is 1.94. The van der Waals surface area contributed by atoms with Crippen LogP contribution in [0.2, 0.25) is 0 Å². The van der Waals surface area contributed by atoms with Crippen LogP contribution in [0.5, 0.6) is 0 Å². The summed E-state index contributed by atoms with van der Waals surface area (Å²) in [7, 11) is 0. The zero-order valence-corrected chi connectivity index (χ0v) is 12.6. The predicted molar refractivity (Wildman–Crippen MR) is 81.0 cm³/mol. The molecule has 1 heterocycles. The number of nitrogens with one attached hydrogen (secondary N) is 2. The van der Waals surface area contributed by atoms with E-state index in [2.05, 4.69) is 36.3 Å². The van der Waals surface area contributed by atoms with Crippen molar-refractivity contribution in [1.29, 1.82) is 0 Å². The highest BCUT2D eigenvalue weighted by atomic mass is 16.3. The summed E-state index contributed by atoms with van der Waals surface area (Å²) in [5, 5.41) is 19.1. The van der Waals surface area contributed by atoms with Crippen LogP contribution in [0.3, 0.4) is 0 Å². The third-order valence-electron chi connectivity index (χ3n) is 3.36. The quantitative estimate of drug-likeness (QED) is 0.806. The third kappa shape index (κ3) is 3.92. The Labute approximate surface area is 124 Å². The number of aromatic nitrogens is 2. The van der Waals surface area contributed by atoms with Crippen LogP contribution < -0.4 is 5.32 Å². The minimum absolute atomic E-state index is 0.0817. The van der Waals surface area contributed by atoms with Crippen molar-refractivity contribution in [2.45, 2.75) is 32.3 Å². The van der Waals surface area contributed by atoms with E-state index in [1.54, 1.807) is 6.07 Å². The molecule has 2 rings (SSSR count). The fourth-order valence-corrected chi connectivity index (χ4v) is 1.99. The van der Waals surface area contributed by atoms with E-state index in [9.17, 15) is 9.90 Å². The molecule has 1 unspecified atom stereocenters. The molecule has 2 aromatic rings. The monoisotopic (exact) mass is 287 g/mol. The Morgan fingerprint density at radius 1 is 1.29 bits per heavy atom. The van der Waals surface area contributed by atoms with Crippen LogP contribution in [-0.2, 0) is 5.41 Å². The lowest BCUT2D eigenvalue weighted by molar-refractivity contribution is 0.0911. The van der Waals surface area contributed by atoms with Crippen molar-refractivity contribution in [2.24, 2.45) is 0 Å². The molecule has 0 aliphatic carbocycles. The molecule has 1 aromatic carbocycles. The summed E-state index contributed by atoms with van der Waals surface area (Å²) in [6.45, 7) is 6.59. The standard InChI is InChI=1S/C16H21N3O2/c1-16(2,3)12-6-4-11(5-7-12)14(20)10-17-15(21)13-8-9-18-19-13/h4-9,14,20H,10H2,1-3H3,(H,17,21)(H,18,19). The van der Waals surface area contributed by atoms with Gasteiger partial charge in [-0.3, -0.25) is 9.89 Å². The van der Waals surface area contributed by atoms with Crippen LogP contribution >= 0.6 is 0 Å². The molecular weight excluding hydrogens is 266 g/mol. The molecule has 0 aliphatic heterocycles. The van der Waals surface area contributed by atoms with Crippen molar-refractivity contribution in [3.05, 3.63) is 53.3 Å². The van der Waals surface area contributed by atoms with Gasteiger partial charge in [0, 0.05) is 12.7 Å². The van der Waals surface area contributed by atoms with E-state index in [4.69, 9.17) is 0 Å². The van der Waals surface area contributed by atoms with Gasteiger partial charge in [0.15, 0.2) is 0 Å². The zero-order chi connectivity index (χ0) is 15.5. The highest BCUT2D eigenvalue weighted by Gasteiger charge is 2.15. The molecule has 0 radical (unpaired) electrons. The van der Waals surface area contributed by atoms with Gasteiger partial charge < -0.3 is 10.4 Å².